The lowest BCUT2D eigenvalue weighted by Crippen LogP contribution is -2.59. The van der Waals surface area contributed by atoms with Crippen LogP contribution in [-0.2, 0) is 55.6 Å². The maximum absolute atomic E-state index is 14.3. The van der Waals surface area contributed by atoms with E-state index in [9.17, 15) is 52.5 Å². The smallest absolute Gasteiger partial charge is 0.409 e. The van der Waals surface area contributed by atoms with Gasteiger partial charge in [-0.1, -0.05) is 20.3 Å². The summed E-state index contributed by atoms with van der Waals surface area (Å²) in [4.78, 5) is 120. The Bertz CT molecular complexity index is 2010. The molecule has 1 saturated heterocycles. The van der Waals surface area contributed by atoms with E-state index in [1.54, 1.807) is 13.8 Å². The first-order valence-electron chi connectivity index (χ1n) is 18.1. The molecule has 1 fully saturated rings. The van der Waals surface area contributed by atoms with Crippen LogP contribution in [0.4, 0.5) is 4.79 Å². The molecule has 1 aromatic carbocycles. The van der Waals surface area contributed by atoms with Crippen LogP contribution in [0, 0.1) is 5.92 Å². The van der Waals surface area contributed by atoms with Gasteiger partial charge in [0.15, 0.2) is 0 Å². The zero-order valence-electron chi connectivity index (χ0n) is 31.5. The SMILES string of the molecule is CC[C@H](C)[C@@H]1NC(=O)CNC(=O)[C@H](N)Cc2c([nH]c3cc(OC(N)=O)ccc23)S(=O)C[C@@H](C(=O)N[C@@H](CC(N)=O)C(=O)N2C[C@H](O)C[C@H]2C(N)=O)NC(=O)CNC1=O. The summed E-state index contributed by atoms with van der Waals surface area (Å²) in [6, 6.07) is -3.17. The molecule has 9 amide bonds. The number of hydrogen-bond donors (Lipinski definition) is 11. The molecule has 8 atom stereocenters. The lowest BCUT2D eigenvalue weighted by Gasteiger charge is -2.28. The van der Waals surface area contributed by atoms with Crippen molar-refractivity contribution in [2.45, 2.75) is 80.9 Å². The molecular formula is C34H47N11O12S. The number of carbonyl (C=O) groups is 9. The molecule has 316 valence electrons. The fraction of sp³-hybridized carbons (Fsp3) is 0.500. The average Bonchev–Trinajstić information content (AvgIpc) is 3.73. The van der Waals surface area contributed by atoms with Crippen LogP contribution in [0.15, 0.2) is 23.2 Å². The lowest BCUT2D eigenvalue weighted by molar-refractivity contribution is -0.142. The molecule has 1 unspecified atom stereocenters. The number of amides is 9. The van der Waals surface area contributed by atoms with Crippen molar-refractivity contribution in [3.63, 3.8) is 0 Å². The Morgan fingerprint density at radius 1 is 1.02 bits per heavy atom. The van der Waals surface area contributed by atoms with Gasteiger partial charge in [-0.15, -0.1) is 0 Å². The monoisotopic (exact) mass is 833 g/mol. The number of rotatable bonds is 9. The van der Waals surface area contributed by atoms with Crippen LogP contribution in [0.2, 0.25) is 0 Å². The van der Waals surface area contributed by atoms with Gasteiger partial charge in [-0.3, -0.25) is 42.6 Å². The molecular weight excluding hydrogens is 787 g/mol. The molecule has 0 saturated carbocycles. The van der Waals surface area contributed by atoms with Gasteiger partial charge in [0.25, 0.3) is 0 Å². The molecule has 24 heteroatoms. The second-order valence-electron chi connectivity index (χ2n) is 13.9. The van der Waals surface area contributed by atoms with Crippen LogP contribution in [0.1, 0.15) is 38.7 Å². The standard InChI is InChI=1S/C34H47N11O12S/c1-3-14(2)27-31(53)40-10-25(48)41-22(30(52)42-21(9-24(36)47)33(54)45-12-15(46)6-23(45)28(37)50)13-58(56)32-18(8-19(35)29(51)39-11-26(49)44-27)17-5-4-16(57-34(38)55)7-20(17)43-32/h4-5,7,14-15,19,21-23,27,43,46H,3,6,8-13,35H2,1-2H3,(H2,36,47)(H2,37,50)(H2,38,55)(H,39,51)(H,40,53)(H,41,48)(H,42,52)(H,44,49)/t14-,15+,19+,21-,22-,23-,27-,58?/m0/s1. The summed E-state index contributed by atoms with van der Waals surface area (Å²) in [6.07, 6.45) is -3.17. The van der Waals surface area contributed by atoms with Gasteiger partial charge in [0.1, 0.15) is 34.9 Å². The number of aliphatic hydroxyl groups excluding tert-OH is 1. The lowest BCUT2D eigenvalue weighted by atomic mass is 9.98. The normalized spacial score (nSPS) is 24.7. The van der Waals surface area contributed by atoms with Crippen molar-refractivity contribution >= 4 is 75.1 Å². The van der Waals surface area contributed by atoms with E-state index in [4.69, 9.17) is 27.7 Å². The molecule has 1 aromatic heterocycles. The number of aromatic nitrogens is 1. The number of ether oxygens (including phenoxy) is 1. The van der Waals surface area contributed by atoms with Crippen LogP contribution < -0.4 is 54.3 Å². The number of likely N-dealkylation sites (tertiary alicyclic amines) is 1. The van der Waals surface area contributed by atoms with Gasteiger partial charge in [0, 0.05) is 24.4 Å². The van der Waals surface area contributed by atoms with Crippen LogP contribution >= 0.6 is 0 Å². The van der Waals surface area contributed by atoms with Crippen molar-refractivity contribution in [1.29, 1.82) is 0 Å². The fourth-order valence-electron chi connectivity index (χ4n) is 6.47. The van der Waals surface area contributed by atoms with E-state index in [1.807, 2.05) is 0 Å². The van der Waals surface area contributed by atoms with E-state index >= 15 is 0 Å². The zero-order valence-corrected chi connectivity index (χ0v) is 32.3. The van der Waals surface area contributed by atoms with Crippen LogP contribution in [-0.4, -0.2) is 134 Å². The average molecular weight is 834 g/mol. The first kappa shape index (κ1) is 44.6. The van der Waals surface area contributed by atoms with E-state index in [2.05, 4.69) is 31.6 Å². The number of fused-ring (bicyclic) bond motifs is 3. The van der Waals surface area contributed by atoms with Crippen molar-refractivity contribution in [1.82, 2.24) is 36.5 Å². The molecule has 15 N–H and O–H groups in total. The van der Waals surface area contributed by atoms with Gasteiger partial charge >= 0.3 is 6.09 Å². The summed E-state index contributed by atoms with van der Waals surface area (Å²) in [5, 5.41) is 22.4. The number of H-pyrrole nitrogens is 1. The second-order valence-corrected chi connectivity index (χ2v) is 15.3. The van der Waals surface area contributed by atoms with Gasteiger partial charge in [-0.25, -0.2) is 4.79 Å². The molecule has 2 aliphatic heterocycles. The highest BCUT2D eigenvalue weighted by Gasteiger charge is 2.42. The molecule has 0 bridgehead atoms. The predicted octanol–water partition coefficient (Wildman–Crippen LogP) is -5.33. The highest BCUT2D eigenvalue weighted by molar-refractivity contribution is 7.85. The fourth-order valence-corrected chi connectivity index (χ4v) is 7.86. The van der Waals surface area contributed by atoms with Gasteiger partial charge in [0.05, 0.1) is 53.7 Å². The van der Waals surface area contributed by atoms with Crippen LogP contribution in [0.5, 0.6) is 5.75 Å². The molecule has 4 rings (SSSR count). The summed E-state index contributed by atoms with van der Waals surface area (Å²) in [7, 11) is -2.31. The number of primary amides is 3. The highest BCUT2D eigenvalue weighted by atomic mass is 32.2. The maximum Gasteiger partial charge on any atom is 0.409 e. The molecule has 0 radical (unpaired) electrons. The third-order valence-electron chi connectivity index (χ3n) is 9.58. The van der Waals surface area contributed by atoms with Crippen molar-refractivity contribution in [3.05, 3.63) is 23.8 Å². The number of nitrogens with one attached hydrogen (secondary N) is 6. The first-order valence-corrected chi connectivity index (χ1v) is 19.4. The summed E-state index contributed by atoms with van der Waals surface area (Å²) < 4.78 is 19.2. The topological polar surface area (TPSA) is 383 Å². The van der Waals surface area contributed by atoms with Crippen molar-refractivity contribution in [3.8, 4) is 5.75 Å². The molecule has 58 heavy (non-hydrogen) atoms. The molecule has 0 aliphatic carbocycles. The van der Waals surface area contributed by atoms with Crippen molar-refractivity contribution in [2.75, 3.05) is 25.4 Å². The minimum atomic E-state index is -2.31. The van der Waals surface area contributed by atoms with Crippen LogP contribution in [0.25, 0.3) is 10.9 Å². The Morgan fingerprint density at radius 3 is 2.29 bits per heavy atom. The number of nitrogens with two attached hydrogens (primary N) is 4. The van der Waals surface area contributed by atoms with E-state index in [1.165, 1.54) is 18.2 Å². The molecule has 0 spiro atoms. The number of hydrogen-bond acceptors (Lipinski definition) is 13. The van der Waals surface area contributed by atoms with Crippen LogP contribution in [0.3, 0.4) is 0 Å². The molecule has 2 aliphatic rings. The van der Waals surface area contributed by atoms with E-state index in [-0.39, 0.29) is 41.2 Å². The second kappa shape index (κ2) is 19.3. The minimum Gasteiger partial charge on any atom is -0.410 e. The predicted molar refractivity (Wildman–Crippen MR) is 202 cm³/mol. The van der Waals surface area contributed by atoms with Gasteiger partial charge in [-0.2, -0.15) is 0 Å². The molecule has 2 aromatic rings. The third-order valence-corrected chi connectivity index (χ3v) is 11.0. The first-order chi connectivity index (χ1) is 27.3. The maximum atomic E-state index is 14.3. The van der Waals surface area contributed by atoms with E-state index < -0.39 is 132 Å². The Labute approximate surface area is 332 Å². The number of β-amino-alcohol motifs (C(OH)–C–C–N with tert-alkyl or cyclic N) is 1. The highest BCUT2D eigenvalue weighted by Crippen LogP contribution is 2.30. The summed E-state index contributed by atoms with van der Waals surface area (Å²) in [5.74, 6) is -8.67. The summed E-state index contributed by atoms with van der Waals surface area (Å²) >= 11 is 0. The van der Waals surface area contributed by atoms with E-state index in [0.717, 1.165) is 4.90 Å². The van der Waals surface area contributed by atoms with Crippen molar-refractivity contribution in [2.24, 2.45) is 28.9 Å². The Hall–Kier alpha value is -6.14. The number of nitrogens with zero attached hydrogens (tertiary/aromatic N) is 1. The molecule has 3 heterocycles. The summed E-state index contributed by atoms with van der Waals surface area (Å²) in [6.45, 7) is 1.74. The quantitative estimate of drug-likeness (QED) is 0.113. The Kier molecular flexibility index (Phi) is 14.9. The molecule has 23 nitrogen and oxygen atoms in total. The number of aromatic amines is 1. The third kappa shape index (κ3) is 11.3. The number of carbonyl (C=O) groups excluding carboxylic acids is 9. The van der Waals surface area contributed by atoms with Gasteiger partial charge in [-0.05, 0) is 30.0 Å². The van der Waals surface area contributed by atoms with Gasteiger partial charge < -0.3 is 69.2 Å². The van der Waals surface area contributed by atoms with Crippen molar-refractivity contribution < 1.29 is 57.2 Å². The largest absolute Gasteiger partial charge is 0.410 e. The Morgan fingerprint density at radius 2 is 1.67 bits per heavy atom. The van der Waals surface area contributed by atoms with E-state index in [0.29, 0.717) is 11.8 Å². The number of benzene rings is 1. The zero-order chi connectivity index (χ0) is 43.0. The Balaban J connectivity index is 1.76. The summed E-state index contributed by atoms with van der Waals surface area (Å²) in [5.41, 5.74) is 22.6. The minimum absolute atomic E-state index is 0.0137. The number of aliphatic hydroxyl groups is 1. The van der Waals surface area contributed by atoms with Gasteiger partial charge in [0.2, 0.25) is 47.3 Å².